The molecule has 0 radical (unpaired) electrons. The topological polar surface area (TPSA) is 49.8 Å². The zero-order chi connectivity index (χ0) is 16.2. The van der Waals surface area contributed by atoms with Crippen LogP contribution in [-0.2, 0) is 16.1 Å². The third-order valence-corrected chi connectivity index (χ3v) is 4.05. The highest BCUT2D eigenvalue weighted by Crippen LogP contribution is 2.26. The molecule has 122 valence electrons. The summed E-state index contributed by atoms with van der Waals surface area (Å²) in [6.45, 7) is 8.48. The van der Waals surface area contributed by atoms with Crippen LogP contribution in [0.5, 0.6) is 0 Å². The number of likely N-dealkylation sites (tertiary alicyclic amines) is 1. The van der Waals surface area contributed by atoms with Gasteiger partial charge in [0.2, 0.25) is 0 Å². The summed E-state index contributed by atoms with van der Waals surface area (Å²) in [5, 5.41) is 9.40. The van der Waals surface area contributed by atoms with Crippen molar-refractivity contribution < 1.29 is 14.6 Å². The number of carbonyl (C=O) groups is 1. The van der Waals surface area contributed by atoms with Gasteiger partial charge in [0, 0.05) is 13.1 Å². The zero-order valence-electron chi connectivity index (χ0n) is 13.8. The third kappa shape index (κ3) is 4.82. The smallest absolute Gasteiger partial charge is 0.333 e. The van der Waals surface area contributed by atoms with Crippen LogP contribution < -0.4 is 0 Å². The SMILES string of the molecule is CC(C)(C)C(OC1CCCN(Cc2ccccc2)C1)C(=O)O. The molecule has 0 saturated carbocycles. The van der Waals surface area contributed by atoms with Crippen molar-refractivity contribution in [1.82, 2.24) is 4.90 Å². The molecular weight excluding hydrogens is 278 g/mol. The van der Waals surface area contributed by atoms with Gasteiger partial charge in [-0.15, -0.1) is 0 Å². The van der Waals surface area contributed by atoms with E-state index in [9.17, 15) is 9.90 Å². The van der Waals surface area contributed by atoms with E-state index >= 15 is 0 Å². The Kier molecular flexibility index (Phi) is 5.59. The number of carboxylic acids is 1. The maximum atomic E-state index is 11.5. The molecule has 0 bridgehead atoms. The number of piperidine rings is 1. The third-order valence-electron chi connectivity index (χ3n) is 4.05. The number of carboxylic acid groups (broad SMARTS) is 1. The molecular formula is C18H27NO3. The van der Waals surface area contributed by atoms with E-state index in [2.05, 4.69) is 17.0 Å². The molecule has 1 aliphatic rings. The van der Waals surface area contributed by atoms with Crippen LogP contribution in [0.1, 0.15) is 39.2 Å². The quantitative estimate of drug-likeness (QED) is 0.908. The van der Waals surface area contributed by atoms with Gasteiger partial charge in [-0.1, -0.05) is 51.1 Å². The second kappa shape index (κ2) is 7.25. The molecule has 1 N–H and O–H groups in total. The van der Waals surface area contributed by atoms with E-state index < -0.39 is 17.5 Å². The van der Waals surface area contributed by atoms with Gasteiger partial charge in [-0.3, -0.25) is 4.90 Å². The van der Waals surface area contributed by atoms with Crippen LogP contribution in [0.25, 0.3) is 0 Å². The summed E-state index contributed by atoms with van der Waals surface area (Å²) in [5.41, 5.74) is 0.891. The summed E-state index contributed by atoms with van der Waals surface area (Å²) in [4.78, 5) is 13.8. The molecule has 4 heteroatoms. The summed E-state index contributed by atoms with van der Waals surface area (Å²) in [6, 6.07) is 10.4. The number of nitrogens with zero attached hydrogens (tertiary/aromatic N) is 1. The minimum absolute atomic E-state index is 0.00205. The Morgan fingerprint density at radius 2 is 2.05 bits per heavy atom. The molecule has 0 spiro atoms. The summed E-state index contributed by atoms with van der Waals surface area (Å²) in [6.07, 6.45) is 1.23. The molecule has 1 saturated heterocycles. The lowest BCUT2D eigenvalue weighted by Gasteiger charge is -2.36. The Balaban J connectivity index is 1.94. The fraction of sp³-hybridized carbons (Fsp3) is 0.611. The Morgan fingerprint density at radius 1 is 1.36 bits per heavy atom. The maximum absolute atomic E-state index is 11.5. The minimum atomic E-state index is -0.868. The Morgan fingerprint density at radius 3 is 2.64 bits per heavy atom. The van der Waals surface area contributed by atoms with E-state index in [1.807, 2.05) is 39.0 Å². The van der Waals surface area contributed by atoms with Crippen LogP contribution in [0.4, 0.5) is 0 Å². The van der Waals surface area contributed by atoms with Crippen LogP contribution in [0.15, 0.2) is 30.3 Å². The molecule has 1 aromatic rings. The van der Waals surface area contributed by atoms with Gasteiger partial charge in [-0.05, 0) is 30.4 Å². The Bertz CT molecular complexity index is 481. The van der Waals surface area contributed by atoms with E-state index in [0.29, 0.717) is 0 Å². The first-order valence-corrected chi connectivity index (χ1v) is 8.01. The van der Waals surface area contributed by atoms with Crippen LogP contribution in [0, 0.1) is 5.41 Å². The summed E-state index contributed by atoms with van der Waals surface area (Å²) < 4.78 is 5.94. The van der Waals surface area contributed by atoms with Crippen molar-refractivity contribution >= 4 is 5.97 Å². The Hall–Kier alpha value is -1.39. The molecule has 4 nitrogen and oxygen atoms in total. The Labute approximate surface area is 133 Å². The van der Waals surface area contributed by atoms with Gasteiger partial charge in [0.15, 0.2) is 6.10 Å². The second-order valence-corrected chi connectivity index (χ2v) is 7.21. The maximum Gasteiger partial charge on any atom is 0.333 e. The predicted molar refractivity (Wildman–Crippen MR) is 86.7 cm³/mol. The average Bonchev–Trinajstić information content (AvgIpc) is 2.45. The molecule has 1 heterocycles. The van der Waals surface area contributed by atoms with Crippen molar-refractivity contribution in [2.75, 3.05) is 13.1 Å². The van der Waals surface area contributed by atoms with Crippen LogP contribution >= 0.6 is 0 Å². The lowest BCUT2D eigenvalue weighted by Crippen LogP contribution is -2.45. The fourth-order valence-corrected chi connectivity index (χ4v) is 2.93. The number of ether oxygens (including phenoxy) is 1. The molecule has 0 amide bonds. The van der Waals surface area contributed by atoms with Gasteiger partial charge < -0.3 is 9.84 Å². The van der Waals surface area contributed by atoms with Gasteiger partial charge >= 0.3 is 5.97 Å². The van der Waals surface area contributed by atoms with Gasteiger partial charge in [0.25, 0.3) is 0 Å². The summed E-state index contributed by atoms with van der Waals surface area (Å²) in [7, 11) is 0. The first-order valence-electron chi connectivity index (χ1n) is 8.01. The molecule has 1 aliphatic heterocycles. The van der Waals surface area contributed by atoms with E-state index in [4.69, 9.17) is 4.74 Å². The minimum Gasteiger partial charge on any atom is -0.479 e. The summed E-state index contributed by atoms with van der Waals surface area (Å²) >= 11 is 0. The molecule has 0 aliphatic carbocycles. The van der Waals surface area contributed by atoms with Crippen molar-refractivity contribution in [3.63, 3.8) is 0 Å². The first kappa shape index (κ1) is 17.0. The average molecular weight is 305 g/mol. The van der Waals surface area contributed by atoms with Crippen molar-refractivity contribution in [3.8, 4) is 0 Å². The zero-order valence-corrected chi connectivity index (χ0v) is 13.8. The summed E-state index contributed by atoms with van der Waals surface area (Å²) in [5.74, 6) is -0.868. The van der Waals surface area contributed by atoms with Crippen molar-refractivity contribution in [3.05, 3.63) is 35.9 Å². The molecule has 1 fully saturated rings. The van der Waals surface area contributed by atoms with E-state index in [1.54, 1.807) is 0 Å². The predicted octanol–water partition coefficient (Wildman–Crippen LogP) is 3.17. The number of benzene rings is 1. The van der Waals surface area contributed by atoms with E-state index in [0.717, 1.165) is 32.5 Å². The van der Waals surface area contributed by atoms with Crippen LogP contribution in [0.3, 0.4) is 0 Å². The normalized spacial score (nSPS) is 21.5. The first-order chi connectivity index (χ1) is 10.4. The second-order valence-electron chi connectivity index (χ2n) is 7.21. The molecule has 1 aromatic carbocycles. The number of hydrogen-bond donors (Lipinski definition) is 1. The number of rotatable bonds is 5. The van der Waals surface area contributed by atoms with Crippen molar-refractivity contribution in [2.24, 2.45) is 5.41 Å². The van der Waals surface area contributed by atoms with Crippen molar-refractivity contribution in [1.29, 1.82) is 0 Å². The molecule has 22 heavy (non-hydrogen) atoms. The highest BCUT2D eigenvalue weighted by Gasteiger charge is 2.35. The lowest BCUT2D eigenvalue weighted by atomic mass is 9.88. The molecule has 2 rings (SSSR count). The van der Waals surface area contributed by atoms with Gasteiger partial charge in [0.1, 0.15) is 0 Å². The van der Waals surface area contributed by atoms with Gasteiger partial charge in [-0.2, -0.15) is 0 Å². The number of hydrogen-bond acceptors (Lipinski definition) is 3. The van der Waals surface area contributed by atoms with Crippen molar-refractivity contribution in [2.45, 2.75) is 52.4 Å². The fourth-order valence-electron chi connectivity index (χ4n) is 2.93. The molecule has 2 atom stereocenters. The van der Waals surface area contributed by atoms with Gasteiger partial charge in [0.05, 0.1) is 6.10 Å². The largest absolute Gasteiger partial charge is 0.479 e. The van der Waals surface area contributed by atoms with Gasteiger partial charge in [-0.25, -0.2) is 4.79 Å². The monoisotopic (exact) mass is 305 g/mol. The lowest BCUT2D eigenvalue weighted by molar-refractivity contribution is -0.167. The standard InChI is InChI=1S/C18H27NO3/c1-18(2,3)16(17(20)21)22-15-10-7-11-19(13-15)12-14-8-5-4-6-9-14/h4-6,8-9,15-16H,7,10-13H2,1-3H3,(H,20,21). The highest BCUT2D eigenvalue weighted by molar-refractivity contribution is 5.73. The van der Waals surface area contributed by atoms with E-state index in [1.165, 1.54) is 5.56 Å². The van der Waals surface area contributed by atoms with E-state index in [-0.39, 0.29) is 6.10 Å². The molecule has 0 aromatic heterocycles. The van der Waals surface area contributed by atoms with Crippen LogP contribution in [0.2, 0.25) is 0 Å². The highest BCUT2D eigenvalue weighted by atomic mass is 16.5. The number of aliphatic carboxylic acids is 1. The molecule has 2 unspecified atom stereocenters. The van der Waals surface area contributed by atoms with Crippen LogP contribution in [-0.4, -0.2) is 41.3 Å².